The first-order valence-electron chi connectivity index (χ1n) is 13.9. The fourth-order valence-corrected chi connectivity index (χ4v) is 6.34. The van der Waals surface area contributed by atoms with E-state index in [0.29, 0.717) is 58.2 Å². The van der Waals surface area contributed by atoms with E-state index in [1.54, 1.807) is 0 Å². The molecule has 5 rings (SSSR count). The van der Waals surface area contributed by atoms with E-state index in [2.05, 4.69) is 11.0 Å². The highest BCUT2D eigenvalue weighted by Crippen LogP contribution is 2.50. The van der Waals surface area contributed by atoms with Crippen LogP contribution in [0.3, 0.4) is 0 Å². The molecule has 2 aliphatic carbocycles. The summed E-state index contributed by atoms with van der Waals surface area (Å²) in [6.07, 6.45) is -1.27. The van der Waals surface area contributed by atoms with E-state index in [1.807, 2.05) is 54.6 Å². The number of carboxylic acids is 1. The Balaban J connectivity index is 1.39. The molecule has 40 heavy (non-hydrogen) atoms. The van der Waals surface area contributed by atoms with Crippen molar-refractivity contribution in [1.29, 1.82) is 5.26 Å². The number of aliphatic carboxylic acids is 1. The SMILES string of the molecule is N#CCc1ccc(CC2(CN(C(=O)C(F)(F)F)[C@@H]3CC3c3ccccc3)CCN(CC3(C(=O)O)CC3)CC2)cc1. The molecule has 2 aromatic carbocycles. The van der Waals surface area contributed by atoms with Gasteiger partial charge in [0.1, 0.15) is 0 Å². The number of carbonyl (C=O) groups excluding carboxylic acids is 1. The van der Waals surface area contributed by atoms with E-state index >= 15 is 0 Å². The molecule has 1 heterocycles. The molecule has 3 fully saturated rings. The summed E-state index contributed by atoms with van der Waals surface area (Å²) in [5, 5.41) is 18.6. The van der Waals surface area contributed by atoms with Crippen LogP contribution in [0.4, 0.5) is 13.2 Å². The lowest BCUT2D eigenvalue weighted by atomic mass is 9.73. The van der Waals surface area contributed by atoms with Gasteiger partial charge in [0.25, 0.3) is 0 Å². The van der Waals surface area contributed by atoms with Crippen molar-refractivity contribution in [1.82, 2.24) is 9.80 Å². The minimum Gasteiger partial charge on any atom is -0.481 e. The van der Waals surface area contributed by atoms with Crippen molar-refractivity contribution in [2.24, 2.45) is 10.8 Å². The lowest BCUT2D eigenvalue weighted by Crippen LogP contribution is -2.53. The zero-order chi connectivity index (χ0) is 28.5. The second-order valence-electron chi connectivity index (χ2n) is 11.9. The van der Waals surface area contributed by atoms with E-state index in [1.165, 1.54) is 0 Å². The number of likely N-dealkylation sites (tertiary alicyclic amines) is 1. The molecule has 1 aliphatic heterocycles. The van der Waals surface area contributed by atoms with Gasteiger partial charge in [0.15, 0.2) is 0 Å². The van der Waals surface area contributed by atoms with Crippen LogP contribution >= 0.6 is 0 Å². The van der Waals surface area contributed by atoms with Crippen LogP contribution in [0.25, 0.3) is 0 Å². The normalized spacial score (nSPS) is 23.1. The largest absolute Gasteiger partial charge is 0.481 e. The molecule has 6 nitrogen and oxygen atoms in total. The van der Waals surface area contributed by atoms with Gasteiger partial charge in [-0.25, -0.2) is 0 Å². The Morgan fingerprint density at radius 2 is 1.62 bits per heavy atom. The Morgan fingerprint density at radius 3 is 2.17 bits per heavy atom. The van der Waals surface area contributed by atoms with Crippen LogP contribution in [0.15, 0.2) is 54.6 Å². The average Bonchev–Trinajstić information content (AvgIpc) is 3.86. The molecule has 0 bridgehead atoms. The number of rotatable bonds is 10. The number of hydrogen-bond donors (Lipinski definition) is 1. The van der Waals surface area contributed by atoms with Crippen molar-refractivity contribution < 1.29 is 27.9 Å². The molecule has 2 saturated carbocycles. The van der Waals surface area contributed by atoms with E-state index in [4.69, 9.17) is 5.26 Å². The Hall–Kier alpha value is -3.38. The summed E-state index contributed by atoms with van der Waals surface area (Å²) >= 11 is 0. The van der Waals surface area contributed by atoms with Crippen LogP contribution in [-0.4, -0.2) is 65.2 Å². The molecule has 1 unspecified atom stereocenters. The van der Waals surface area contributed by atoms with Gasteiger partial charge in [-0.2, -0.15) is 18.4 Å². The van der Waals surface area contributed by atoms with Gasteiger partial charge in [-0.15, -0.1) is 0 Å². The highest BCUT2D eigenvalue weighted by molar-refractivity contribution is 5.83. The third-order valence-corrected chi connectivity index (χ3v) is 9.03. The number of amides is 1. The summed E-state index contributed by atoms with van der Waals surface area (Å²) in [5.74, 6) is -2.70. The quantitative estimate of drug-likeness (QED) is 0.438. The number of alkyl halides is 3. The fraction of sp³-hybridized carbons (Fsp3) is 0.516. The molecule has 9 heteroatoms. The van der Waals surface area contributed by atoms with Gasteiger partial charge >= 0.3 is 18.1 Å². The molecule has 0 radical (unpaired) electrons. The zero-order valence-electron chi connectivity index (χ0n) is 22.4. The lowest BCUT2D eigenvalue weighted by Gasteiger charge is -2.45. The molecule has 0 spiro atoms. The molecule has 0 aromatic heterocycles. The van der Waals surface area contributed by atoms with Crippen LogP contribution in [0.5, 0.6) is 0 Å². The van der Waals surface area contributed by atoms with Crippen molar-refractivity contribution in [2.45, 2.75) is 63.1 Å². The topological polar surface area (TPSA) is 84.6 Å². The maximum atomic E-state index is 13.9. The number of benzene rings is 2. The molecule has 3 aliphatic rings. The molecular weight excluding hydrogens is 519 g/mol. The summed E-state index contributed by atoms with van der Waals surface area (Å²) in [7, 11) is 0. The van der Waals surface area contributed by atoms with Gasteiger partial charge in [0, 0.05) is 25.0 Å². The minimum atomic E-state index is -4.97. The number of piperidine rings is 1. The van der Waals surface area contributed by atoms with E-state index in [0.717, 1.165) is 21.6 Å². The van der Waals surface area contributed by atoms with Crippen molar-refractivity contribution in [3.8, 4) is 6.07 Å². The van der Waals surface area contributed by atoms with Crippen LogP contribution < -0.4 is 0 Å². The van der Waals surface area contributed by atoms with Gasteiger partial charge in [-0.05, 0) is 73.7 Å². The van der Waals surface area contributed by atoms with Crippen LogP contribution in [0, 0.1) is 22.2 Å². The summed E-state index contributed by atoms with van der Waals surface area (Å²) in [6, 6.07) is 18.6. The third-order valence-electron chi connectivity index (χ3n) is 9.03. The van der Waals surface area contributed by atoms with Gasteiger partial charge in [-0.3, -0.25) is 9.59 Å². The summed E-state index contributed by atoms with van der Waals surface area (Å²) < 4.78 is 41.7. The monoisotopic (exact) mass is 553 g/mol. The second-order valence-corrected chi connectivity index (χ2v) is 11.9. The van der Waals surface area contributed by atoms with Crippen molar-refractivity contribution in [3.63, 3.8) is 0 Å². The van der Waals surface area contributed by atoms with Crippen molar-refractivity contribution in [3.05, 3.63) is 71.3 Å². The minimum absolute atomic E-state index is 0.00277. The Labute approximate surface area is 232 Å². The maximum absolute atomic E-state index is 13.9. The molecule has 2 atom stereocenters. The summed E-state index contributed by atoms with van der Waals surface area (Å²) in [6.45, 7) is 1.59. The molecular formula is C31H34F3N3O3. The second kappa shape index (κ2) is 10.9. The number of carbonyl (C=O) groups is 2. The molecule has 1 saturated heterocycles. The molecule has 2 aromatic rings. The Morgan fingerprint density at radius 1 is 1.00 bits per heavy atom. The third kappa shape index (κ3) is 6.17. The van der Waals surface area contributed by atoms with Gasteiger partial charge < -0.3 is 14.9 Å². The smallest absolute Gasteiger partial charge is 0.471 e. The van der Waals surface area contributed by atoms with Crippen LogP contribution in [-0.2, 0) is 22.4 Å². The number of halogens is 3. The first-order chi connectivity index (χ1) is 19.0. The van der Waals surface area contributed by atoms with E-state index < -0.39 is 34.9 Å². The lowest BCUT2D eigenvalue weighted by molar-refractivity contribution is -0.188. The van der Waals surface area contributed by atoms with Gasteiger partial charge in [0.05, 0.1) is 17.9 Å². The number of carboxylic acid groups (broad SMARTS) is 1. The summed E-state index contributed by atoms with van der Waals surface area (Å²) in [5.41, 5.74) is 1.47. The molecule has 212 valence electrons. The number of hydrogen-bond acceptors (Lipinski definition) is 4. The predicted octanol–water partition coefficient (Wildman–Crippen LogP) is 5.19. The van der Waals surface area contributed by atoms with Crippen molar-refractivity contribution >= 4 is 11.9 Å². The average molecular weight is 554 g/mol. The highest BCUT2D eigenvalue weighted by atomic mass is 19.4. The standard InChI is InChI=1S/C31H34F3N3O3/c32-31(33,34)27(38)37(26-18-25(26)24-4-2-1-3-5-24)20-29(19-23-8-6-22(7-9-23)10-15-35)13-16-36(17-14-29)21-30(11-12-30)28(39)40/h1-9,25-26H,10-14,16-21H2,(H,39,40)/t25?,26-/m1/s1. The molecule has 1 amide bonds. The van der Waals surface area contributed by atoms with E-state index in [-0.39, 0.29) is 18.9 Å². The van der Waals surface area contributed by atoms with Crippen molar-refractivity contribution in [2.75, 3.05) is 26.2 Å². The first-order valence-corrected chi connectivity index (χ1v) is 13.9. The van der Waals surface area contributed by atoms with Crippen LogP contribution in [0.2, 0.25) is 0 Å². The van der Waals surface area contributed by atoms with Gasteiger partial charge in [0.2, 0.25) is 0 Å². The number of nitriles is 1. The van der Waals surface area contributed by atoms with E-state index in [9.17, 15) is 27.9 Å². The summed E-state index contributed by atoms with van der Waals surface area (Å²) in [4.78, 5) is 27.8. The zero-order valence-corrected chi connectivity index (χ0v) is 22.4. The fourth-order valence-electron chi connectivity index (χ4n) is 6.34. The molecule has 1 N–H and O–H groups in total. The number of nitrogens with zero attached hydrogens (tertiary/aromatic N) is 3. The predicted molar refractivity (Wildman–Crippen MR) is 142 cm³/mol. The Bertz CT molecular complexity index is 1260. The first kappa shape index (κ1) is 28.2. The maximum Gasteiger partial charge on any atom is 0.471 e. The van der Waals surface area contributed by atoms with Gasteiger partial charge in [-0.1, -0.05) is 54.6 Å². The highest BCUT2D eigenvalue weighted by Gasteiger charge is 2.55. The van der Waals surface area contributed by atoms with Crippen LogP contribution in [0.1, 0.15) is 54.7 Å². The Kier molecular flexibility index (Phi) is 7.66.